The first-order valence-electron chi connectivity index (χ1n) is 5.61. The quantitative estimate of drug-likeness (QED) is 0.366. The van der Waals surface area contributed by atoms with Gasteiger partial charge in [-0.2, -0.15) is 4.79 Å². The van der Waals surface area contributed by atoms with E-state index in [1.165, 1.54) is 0 Å². The van der Waals surface area contributed by atoms with Gasteiger partial charge in [0.05, 0.1) is 0 Å². The minimum Gasteiger partial charge on any atom is -0.418 e. The van der Waals surface area contributed by atoms with Gasteiger partial charge in [-0.3, -0.25) is 0 Å². The second-order valence-corrected chi connectivity index (χ2v) is 3.89. The molecular weight excluding hydrogens is 273 g/mol. The Hall–Kier alpha value is -2.34. The first-order valence-corrected chi connectivity index (χ1v) is 5.61. The van der Waals surface area contributed by atoms with Crippen molar-refractivity contribution in [1.29, 1.82) is 0 Å². The summed E-state index contributed by atoms with van der Waals surface area (Å²) in [6.45, 7) is 0. The molecule has 1 aromatic rings. The van der Waals surface area contributed by atoms with E-state index < -0.39 is 7.25 Å². The molecule has 0 heterocycles. The van der Waals surface area contributed by atoms with Gasteiger partial charge >= 0.3 is 13.0 Å². The lowest BCUT2D eigenvalue weighted by Crippen LogP contribution is -2.21. The van der Waals surface area contributed by atoms with E-state index in [9.17, 15) is 17.3 Å². The highest BCUT2D eigenvalue weighted by Gasteiger charge is 2.27. The summed E-state index contributed by atoms with van der Waals surface area (Å²) in [5, 5.41) is 0. The van der Waals surface area contributed by atoms with Crippen molar-refractivity contribution in [3.05, 3.63) is 65.4 Å². The van der Waals surface area contributed by atoms with Gasteiger partial charge in [-0.25, -0.2) is 0 Å². The molecule has 106 valence electrons. The van der Waals surface area contributed by atoms with Crippen molar-refractivity contribution in [2.45, 2.75) is 5.92 Å². The van der Waals surface area contributed by atoms with Gasteiger partial charge in [-0.05, 0) is 11.6 Å². The fourth-order valence-corrected chi connectivity index (χ4v) is 1.72. The molecule has 0 aromatic heterocycles. The van der Waals surface area contributed by atoms with Crippen LogP contribution in [-0.4, -0.2) is 17.8 Å². The number of hydrogen-bond donors (Lipinski definition) is 1. The number of benzene rings is 1. The molecule has 0 aliphatic heterocycles. The van der Waals surface area contributed by atoms with Gasteiger partial charge in [0, 0.05) is 11.8 Å². The molecule has 2 rings (SSSR count). The Bertz CT molecular complexity index is 554. The summed E-state index contributed by atoms with van der Waals surface area (Å²) in [6.07, 6.45) is 5.37. The molecule has 1 atom stereocenters. The van der Waals surface area contributed by atoms with E-state index in [2.05, 4.69) is 4.79 Å². The van der Waals surface area contributed by atoms with Gasteiger partial charge in [-0.1, -0.05) is 36.4 Å². The predicted octanol–water partition coefficient (Wildman–Crippen LogP) is 3.15. The van der Waals surface area contributed by atoms with E-state index in [1.807, 2.05) is 36.4 Å². The van der Waals surface area contributed by atoms with Crippen LogP contribution in [0.2, 0.25) is 0 Å². The number of nitrogens with zero attached hydrogens (tertiary/aromatic N) is 2. The third-order valence-electron chi connectivity index (χ3n) is 2.43. The van der Waals surface area contributed by atoms with Gasteiger partial charge in [0.2, 0.25) is 0 Å². The van der Waals surface area contributed by atoms with Crippen LogP contribution in [0.1, 0.15) is 11.5 Å². The topological polar surface area (TPSA) is 62.4 Å². The average Bonchev–Trinajstić information content (AvgIpc) is 2.37. The zero-order chi connectivity index (χ0) is 15.2. The van der Waals surface area contributed by atoms with E-state index in [4.69, 9.17) is 11.3 Å². The standard InChI is InChI=1S/C12H11N3.BF4/c13-10-7-4-8-11(15-14)12(10)9-5-2-1-3-6-9;2-1(3,4)5/h1-8,12H,13H2;/q;-1. The molecule has 0 bridgehead atoms. The van der Waals surface area contributed by atoms with Gasteiger partial charge < -0.3 is 28.5 Å². The normalized spacial score (nSPS) is 17.7. The Balaban J connectivity index is 0.000000347. The lowest BCUT2D eigenvalue weighted by atomic mass is 9.88. The molecule has 0 saturated heterocycles. The van der Waals surface area contributed by atoms with Crippen molar-refractivity contribution in [3.63, 3.8) is 0 Å². The minimum absolute atomic E-state index is 0.138. The third kappa shape index (κ3) is 5.11. The van der Waals surface area contributed by atoms with Gasteiger partial charge in [0.25, 0.3) is 0 Å². The molecule has 8 heteroatoms. The maximum absolute atomic E-state index is 9.75. The Labute approximate surface area is 113 Å². The fourth-order valence-electron chi connectivity index (χ4n) is 1.72. The zero-order valence-corrected chi connectivity index (χ0v) is 10.3. The number of halogens is 4. The van der Waals surface area contributed by atoms with E-state index in [0.29, 0.717) is 11.4 Å². The van der Waals surface area contributed by atoms with Gasteiger partial charge in [-0.15, -0.1) is 0 Å². The first-order chi connectivity index (χ1) is 9.33. The maximum Gasteiger partial charge on any atom is 0.673 e. The summed E-state index contributed by atoms with van der Waals surface area (Å²) in [5.41, 5.74) is 17.1. The summed E-state index contributed by atoms with van der Waals surface area (Å²) in [6, 6.07) is 9.76. The first kappa shape index (κ1) is 15.7. The van der Waals surface area contributed by atoms with Crippen LogP contribution >= 0.6 is 0 Å². The smallest absolute Gasteiger partial charge is 0.418 e. The summed E-state index contributed by atoms with van der Waals surface area (Å²) in [5.74, 6) is -0.138. The molecule has 1 aromatic carbocycles. The molecule has 0 saturated carbocycles. The third-order valence-corrected chi connectivity index (χ3v) is 2.43. The molecule has 0 fully saturated rings. The van der Waals surface area contributed by atoms with Crippen molar-refractivity contribution >= 4 is 13.0 Å². The van der Waals surface area contributed by atoms with Crippen molar-refractivity contribution < 1.29 is 22.1 Å². The zero-order valence-electron chi connectivity index (χ0n) is 10.3. The van der Waals surface area contributed by atoms with Crippen LogP contribution in [0.15, 0.2) is 54.3 Å². The molecule has 1 aliphatic rings. The summed E-state index contributed by atoms with van der Waals surface area (Å²) < 4.78 is 39.0. The minimum atomic E-state index is -6.00. The Kier molecular flexibility index (Phi) is 5.28. The van der Waals surface area contributed by atoms with Gasteiger partial charge in [0.15, 0.2) is 0 Å². The molecule has 0 amide bonds. The van der Waals surface area contributed by atoms with Crippen molar-refractivity contribution in [2.24, 2.45) is 5.73 Å². The predicted molar refractivity (Wildman–Crippen MR) is 69.4 cm³/mol. The van der Waals surface area contributed by atoms with Crippen LogP contribution in [0, 0.1) is 0 Å². The van der Waals surface area contributed by atoms with Crippen molar-refractivity contribution in [3.8, 4) is 0 Å². The van der Waals surface area contributed by atoms with Crippen LogP contribution < -0.4 is 5.73 Å². The summed E-state index contributed by atoms with van der Waals surface area (Å²) in [7, 11) is -6.00. The number of allylic oxidation sites excluding steroid dienone is 4. The Morgan fingerprint density at radius 2 is 1.65 bits per heavy atom. The molecular formula is C12H11BF4N3-. The van der Waals surface area contributed by atoms with Crippen LogP contribution in [-0.2, 0) is 0 Å². The second-order valence-electron chi connectivity index (χ2n) is 3.89. The maximum atomic E-state index is 9.75. The average molecular weight is 284 g/mol. The molecule has 2 N–H and O–H groups in total. The lowest BCUT2D eigenvalue weighted by molar-refractivity contribution is -0.00715. The number of nitrogens with two attached hydrogens (primary N) is 1. The highest BCUT2D eigenvalue weighted by Crippen LogP contribution is 2.25. The highest BCUT2D eigenvalue weighted by molar-refractivity contribution is 6.50. The monoisotopic (exact) mass is 284 g/mol. The van der Waals surface area contributed by atoms with E-state index >= 15 is 0 Å². The van der Waals surface area contributed by atoms with Crippen molar-refractivity contribution in [1.82, 2.24) is 0 Å². The molecule has 3 nitrogen and oxygen atoms in total. The van der Waals surface area contributed by atoms with E-state index in [0.717, 1.165) is 5.56 Å². The van der Waals surface area contributed by atoms with Gasteiger partial charge in [0.1, 0.15) is 5.92 Å². The highest BCUT2D eigenvalue weighted by atomic mass is 19.5. The van der Waals surface area contributed by atoms with E-state index in [1.54, 1.807) is 12.2 Å². The Morgan fingerprint density at radius 1 is 1.10 bits per heavy atom. The van der Waals surface area contributed by atoms with Crippen LogP contribution in [0.3, 0.4) is 0 Å². The molecule has 20 heavy (non-hydrogen) atoms. The molecule has 1 unspecified atom stereocenters. The number of rotatable bonds is 1. The van der Waals surface area contributed by atoms with E-state index in [-0.39, 0.29) is 5.92 Å². The van der Waals surface area contributed by atoms with Crippen molar-refractivity contribution in [2.75, 3.05) is 0 Å². The van der Waals surface area contributed by atoms with Crippen LogP contribution in [0.4, 0.5) is 17.3 Å². The molecule has 1 aliphatic carbocycles. The lowest BCUT2D eigenvalue weighted by Gasteiger charge is -2.14. The fraction of sp³-hybridized carbons (Fsp3) is 0.0833. The summed E-state index contributed by atoms with van der Waals surface area (Å²) >= 11 is 0. The SMILES string of the molecule is F[B-](F)(F)F.[N-]=[N+]=C1C=CC=C(N)C1c1ccccc1. The van der Waals surface area contributed by atoms with Crippen LogP contribution in [0.5, 0.6) is 0 Å². The molecule has 0 spiro atoms. The van der Waals surface area contributed by atoms with Crippen LogP contribution in [0.25, 0.3) is 5.53 Å². The second kappa shape index (κ2) is 6.72. The Morgan fingerprint density at radius 3 is 2.15 bits per heavy atom. The molecule has 0 radical (unpaired) electrons. The summed E-state index contributed by atoms with van der Waals surface area (Å²) in [4.78, 5) is 3.26. The number of hydrogen-bond acceptors (Lipinski definition) is 1. The largest absolute Gasteiger partial charge is 0.673 e.